The Hall–Kier alpha value is -2.13. The fourth-order valence-corrected chi connectivity index (χ4v) is 6.41. The van der Waals surface area contributed by atoms with Gasteiger partial charge in [-0.25, -0.2) is 0 Å². The van der Waals surface area contributed by atoms with E-state index < -0.39 is 11.5 Å². The fourth-order valence-electron chi connectivity index (χ4n) is 6.41. The molecule has 1 aliphatic heterocycles. The molecule has 1 saturated carbocycles. The topological polar surface area (TPSA) is 112 Å². The Morgan fingerprint density at radius 2 is 2.19 bits per heavy atom. The molecule has 2 unspecified atom stereocenters. The van der Waals surface area contributed by atoms with E-state index in [0.29, 0.717) is 36.3 Å². The van der Waals surface area contributed by atoms with Crippen molar-refractivity contribution in [3.05, 3.63) is 40.6 Å². The Morgan fingerprint density at radius 1 is 1.35 bits per heavy atom. The summed E-state index contributed by atoms with van der Waals surface area (Å²) in [5.74, 6) is 1.82. The van der Waals surface area contributed by atoms with Gasteiger partial charge in [0.1, 0.15) is 6.10 Å². The number of nitrogens with zero attached hydrogens (tertiary/aromatic N) is 1. The maximum atomic E-state index is 12.5. The molecular formula is C23H28NO7-. The standard InChI is InChI=1S/C23H28NO7/c1-13-9-10-23-16-6-8-18(30-19(26)4-2-3-11-29-24(27)28)22(23)31-21-17(25)7-5-14(20(21)23)12-15(13)16/h5-8,13,15-16,18,22,25,27H,2-4,9-12H2,1H3/q-1/t13-,15-,16?,18?,22-,23-/m0/s1. The predicted octanol–water partition coefficient (Wildman–Crippen LogP) is 3.38. The van der Waals surface area contributed by atoms with Gasteiger partial charge in [-0.3, -0.25) is 9.63 Å². The summed E-state index contributed by atoms with van der Waals surface area (Å²) in [6, 6.07) is 3.74. The van der Waals surface area contributed by atoms with Crippen molar-refractivity contribution in [1.29, 1.82) is 0 Å². The number of hydrogen-bond donors (Lipinski definition) is 2. The molecule has 1 fully saturated rings. The van der Waals surface area contributed by atoms with Crippen LogP contribution in [0, 0.1) is 23.0 Å². The number of phenols is 1. The van der Waals surface area contributed by atoms with Gasteiger partial charge in [-0.15, -0.1) is 5.39 Å². The van der Waals surface area contributed by atoms with Crippen LogP contribution in [0.4, 0.5) is 0 Å². The number of ether oxygens (including phenoxy) is 2. The normalized spacial score (nSPS) is 34.4. The molecular weight excluding hydrogens is 402 g/mol. The Morgan fingerprint density at radius 3 is 3.00 bits per heavy atom. The van der Waals surface area contributed by atoms with Gasteiger partial charge in [-0.1, -0.05) is 19.1 Å². The van der Waals surface area contributed by atoms with Gasteiger partial charge in [0.2, 0.25) is 0 Å². The van der Waals surface area contributed by atoms with Crippen LogP contribution in [0.5, 0.6) is 11.5 Å². The van der Waals surface area contributed by atoms with Crippen molar-refractivity contribution in [2.24, 2.45) is 17.8 Å². The van der Waals surface area contributed by atoms with Crippen LogP contribution >= 0.6 is 0 Å². The van der Waals surface area contributed by atoms with Crippen molar-refractivity contribution in [3.63, 3.8) is 0 Å². The summed E-state index contributed by atoms with van der Waals surface area (Å²) in [4.78, 5) is 16.9. The molecule has 1 heterocycles. The second-order valence-electron chi connectivity index (χ2n) is 9.30. The summed E-state index contributed by atoms with van der Waals surface area (Å²) in [7, 11) is 0. The Balaban J connectivity index is 1.36. The highest BCUT2D eigenvalue weighted by atomic mass is 17.1. The Bertz CT molecular complexity index is 900. The average molecular weight is 430 g/mol. The SMILES string of the molecule is C[C@H]1CC[C@]23c4c5ccc(O)c4O[C@H]2C(OC(=O)CCCCON([O-])O)C=CC3[C@H]1C5. The Labute approximate surface area is 180 Å². The van der Waals surface area contributed by atoms with Gasteiger partial charge in [-0.2, -0.15) is 0 Å². The van der Waals surface area contributed by atoms with Gasteiger partial charge >= 0.3 is 5.97 Å². The van der Waals surface area contributed by atoms with Crippen LogP contribution in [0.1, 0.15) is 50.2 Å². The van der Waals surface area contributed by atoms with Crippen molar-refractivity contribution in [3.8, 4) is 11.5 Å². The molecule has 8 heteroatoms. The average Bonchev–Trinajstić information content (AvgIpc) is 3.08. The molecule has 8 nitrogen and oxygen atoms in total. The predicted molar refractivity (Wildman–Crippen MR) is 109 cm³/mol. The molecule has 2 N–H and O–H groups in total. The highest BCUT2D eigenvalue weighted by molar-refractivity contribution is 5.70. The van der Waals surface area contributed by atoms with Gasteiger partial charge in [0.15, 0.2) is 17.6 Å². The summed E-state index contributed by atoms with van der Waals surface area (Å²) in [5.41, 5.74) is 2.12. The molecule has 1 spiro atoms. The first kappa shape index (κ1) is 20.8. The van der Waals surface area contributed by atoms with Crippen molar-refractivity contribution in [2.45, 2.75) is 63.1 Å². The first-order valence-electron chi connectivity index (χ1n) is 11.1. The van der Waals surface area contributed by atoms with Gasteiger partial charge in [-0.05, 0) is 67.6 Å². The van der Waals surface area contributed by atoms with Crippen LogP contribution in [-0.4, -0.2) is 40.5 Å². The quantitative estimate of drug-likeness (QED) is 0.293. The number of benzene rings is 1. The Kier molecular flexibility index (Phi) is 5.21. The van der Waals surface area contributed by atoms with Crippen molar-refractivity contribution >= 4 is 5.97 Å². The van der Waals surface area contributed by atoms with Crippen LogP contribution in [0.15, 0.2) is 24.3 Å². The number of unbranched alkanes of at least 4 members (excludes halogenated alkanes) is 1. The maximum Gasteiger partial charge on any atom is 0.306 e. The number of aromatic hydroxyl groups is 1. The van der Waals surface area contributed by atoms with Crippen LogP contribution in [0.2, 0.25) is 0 Å². The third kappa shape index (κ3) is 3.24. The van der Waals surface area contributed by atoms with E-state index in [1.807, 2.05) is 12.1 Å². The first-order chi connectivity index (χ1) is 14.9. The van der Waals surface area contributed by atoms with E-state index in [1.165, 1.54) is 5.56 Å². The molecule has 168 valence electrons. The molecule has 4 aliphatic rings. The zero-order valence-corrected chi connectivity index (χ0v) is 17.5. The highest BCUT2D eigenvalue weighted by Gasteiger charge is 2.65. The van der Waals surface area contributed by atoms with Crippen LogP contribution in [0.25, 0.3) is 0 Å². The number of esters is 1. The molecule has 1 aromatic rings. The first-order valence-corrected chi connectivity index (χ1v) is 11.1. The smallest absolute Gasteiger partial charge is 0.306 e. The lowest BCUT2D eigenvalue weighted by molar-refractivity contribution is -0.305. The van der Waals surface area contributed by atoms with Crippen molar-refractivity contribution < 1.29 is 29.4 Å². The molecule has 5 rings (SSSR count). The summed E-state index contributed by atoms with van der Waals surface area (Å²) >= 11 is 0. The van der Waals surface area contributed by atoms with Gasteiger partial charge in [0.05, 0.1) is 6.61 Å². The van der Waals surface area contributed by atoms with E-state index in [9.17, 15) is 15.1 Å². The fraction of sp³-hybridized carbons (Fsp3) is 0.609. The monoisotopic (exact) mass is 430 g/mol. The third-order valence-corrected chi connectivity index (χ3v) is 7.75. The third-order valence-electron chi connectivity index (χ3n) is 7.75. The lowest BCUT2D eigenvalue weighted by Gasteiger charge is -2.55. The summed E-state index contributed by atoms with van der Waals surface area (Å²) in [6.07, 6.45) is 7.47. The number of rotatable bonds is 7. The van der Waals surface area contributed by atoms with Crippen LogP contribution in [-0.2, 0) is 26.2 Å². The zero-order chi connectivity index (χ0) is 21.8. The van der Waals surface area contributed by atoms with Crippen LogP contribution in [0.3, 0.4) is 0 Å². The lowest BCUT2D eigenvalue weighted by atomic mass is 9.48. The van der Waals surface area contributed by atoms with Crippen LogP contribution < -0.4 is 4.74 Å². The lowest BCUT2D eigenvalue weighted by Crippen LogP contribution is -2.60. The molecule has 3 aliphatic carbocycles. The van der Waals surface area contributed by atoms with E-state index in [0.717, 1.165) is 24.8 Å². The molecule has 1 aromatic carbocycles. The minimum atomic E-state index is -0.581. The van der Waals surface area contributed by atoms with E-state index in [4.69, 9.17) is 14.7 Å². The molecule has 0 saturated heterocycles. The minimum absolute atomic E-state index is 0.0318. The number of carbonyl (C=O) groups is 1. The van der Waals surface area contributed by atoms with E-state index >= 15 is 0 Å². The summed E-state index contributed by atoms with van der Waals surface area (Å²) < 4.78 is 12.2. The largest absolute Gasteiger partial charge is 0.738 e. The van der Waals surface area contributed by atoms with E-state index in [2.05, 4.69) is 17.8 Å². The van der Waals surface area contributed by atoms with Gasteiger partial charge in [0.25, 0.3) is 0 Å². The summed E-state index contributed by atoms with van der Waals surface area (Å²) in [6.45, 7) is 2.35. The number of carbonyl (C=O) groups excluding carboxylic acids is 1. The number of allylic oxidation sites excluding steroid dienone is 1. The van der Waals surface area contributed by atoms with E-state index in [-0.39, 0.29) is 36.3 Å². The summed E-state index contributed by atoms with van der Waals surface area (Å²) in [5, 5.41) is 28.7. The van der Waals surface area contributed by atoms with E-state index in [1.54, 1.807) is 6.07 Å². The molecule has 31 heavy (non-hydrogen) atoms. The minimum Gasteiger partial charge on any atom is -0.738 e. The second-order valence-corrected chi connectivity index (χ2v) is 9.30. The molecule has 0 radical (unpaired) electrons. The second kappa shape index (κ2) is 7.78. The molecule has 6 atom stereocenters. The zero-order valence-electron chi connectivity index (χ0n) is 17.5. The van der Waals surface area contributed by atoms with Crippen molar-refractivity contribution in [1.82, 2.24) is 5.39 Å². The highest BCUT2D eigenvalue weighted by Crippen LogP contribution is 2.65. The maximum absolute atomic E-state index is 12.5. The van der Waals surface area contributed by atoms with Crippen molar-refractivity contribution in [2.75, 3.05) is 6.61 Å². The van der Waals surface area contributed by atoms with Gasteiger partial charge < -0.3 is 25.0 Å². The molecule has 0 amide bonds. The number of phenolic OH excluding ortho intramolecular Hbond substituents is 1. The number of hydrogen-bond acceptors (Lipinski definition) is 8. The van der Waals surface area contributed by atoms with Gasteiger partial charge in [0, 0.05) is 17.4 Å². The molecule has 2 bridgehead atoms. The molecule has 0 aromatic heterocycles.